The minimum Gasteiger partial charge on any atom is -0.326 e. The van der Waals surface area contributed by atoms with E-state index in [4.69, 9.17) is 0 Å². The summed E-state index contributed by atoms with van der Waals surface area (Å²) >= 11 is 0. The highest BCUT2D eigenvalue weighted by atomic mass is 16.1. The first-order valence-corrected chi connectivity index (χ1v) is 7.16. The minimum absolute atomic E-state index is 0.00640. The number of anilines is 1. The van der Waals surface area contributed by atoms with E-state index in [0.29, 0.717) is 0 Å². The van der Waals surface area contributed by atoms with Crippen LogP contribution in [-0.4, -0.2) is 23.9 Å². The van der Waals surface area contributed by atoms with E-state index in [-0.39, 0.29) is 5.91 Å². The molecule has 1 N–H and O–H groups in total. The molecule has 106 valence electrons. The van der Waals surface area contributed by atoms with Crippen LogP contribution in [0.25, 0.3) is 0 Å². The summed E-state index contributed by atoms with van der Waals surface area (Å²) in [5.74, 6) is -0.00640. The quantitative estimate of drug-likeness (QED) is 0.814. The van der Waals surface area contributed by atoms with Crippen LogP contribution < -0.4 is 5.32 Å². The summed E-state index contributed by atoms with van der Waals surface area (Å²) in [7, 11) is 0. The van der Waals surface area contributed by atoms with Crippen molar-refractivity contribution in [3.63, 3.8) is 0 Å². The summed E-state index contributed by atoms with van der Waals surface area (Å²) in [6.07, 6.45) is 2.31. The molecule has 0 saturated heterocycles. The van der Waals surface area contributed by atoms with Crippen LogP contribution >= 0.6 is 0 Å². The summed E-state index contributed by atoms with van der Waals surface area (Å²) in [5, 5.41) is 2.97. The molecule has 3 heteroatoms. The second kappa shape index (κ2) is 7.95. The summed E-state index contributed by atoms with van der Waals surface area (Å²) < 4.78 is 0. The van der Waals surface area contributed by atoms with E-state index < -0.39 is 0 Å². The number of para-hydroxylation sites is 1. The van der Waals surface area contributed by atoms with E-state index >= 15 is 0 Å². The molecule has 3 nitrogen and oxygen atoms in total. The van der Waals surface area contributed by atoms with Gasteiger partial charge in [0, 0.05) is 19.2 Å². The van der Waals surface area contributed by atoms with Crippen molar-refractivity contribution in [1.29, 1.82) is 0 Å². The Kier molecular flexibility index (Phi) is 6.57. The molecule has 0 heterocycles. The molecule has 1 aromatic carbocycles. The lowest BCUT2D eigenvalue weighted by molar-refractivity contribution is -0.114. The third kappa shape index (κ3) is 5.03. The van der Waals surface area contributed by atoms with Gasteiger partial charge in [-0.05, 0) is 44.0 Å². The predicted octanol–water partition coefficient (Wildman–Crippen LogP) is 3.58. The predicted molar refractivity (Wildman–Crippen MR) is 81.3 cm³/mol. The largest absolute Gasteiger partial charge is 0.326 e. The molecule has 0 atom stereocenters. The Morgan fingerprint density at radius 2 is 1.84 bits per heavy atom. The number of carbonyl (C=O) groups excluding carboxylic acids is 1. The summed E-state index contributed by atoms with van der Waals surface area (Å²) in [5.41, 5.74) is 3.31. The average molecular weight is 262 g/mol. The molecule has 0 aliphatic rings. The monoisotopic (exact) mass is 262 g/mol. The highest BCUT2D eigenvalue weighted by Crippen LogP contribution is 2.22. The maximum atomic E-state index is 11.3. The first-order chi connectivity index (χ1) is 9.08. The van der Waals surface area contributed by atoms with Crippen LogP contribution in [0.4, 0.5) is 5.69 Å². The number of nitrogens with zero attached hydrogens (tertiary/aromatic N) is 1. The van der Waals surface area contributed by atoms with Crippen LogP contribution in [0.3, 0.4) is 0 Å². The molecule has 0 fully saturated rings. The summed E-state index contributed by atoms with van der Waals surface area (Å²) in [4.78, 5) is 13.8. The molecule has 0 bridgehead atoms. The van der Waals surface area contributed by atoms with Crippen LogP contribution in [0, 0.1) is 6.92 Å². The standard InChI is InChI=1S/C16H26N2O/c1-5-10-18(11-6-2)12-15-9-7-8-13(3)16(15)17-14(4)19/h7-9H,5-6,10-12H2,1-4H3,(H,17,19). The van der Waals surface area contributed by atoms with Crippen LogP contribution in [-0.2, 0) is 11.3 Å². The molecule has 19 heavy (non-hydrogen) atoms. The van der Waals surface area contributed by atoms with Gasteiger partial charge in [0.25, 0.3) is 0 Å². The second-order valence-corrected chi connectivity index (χ2v) is 5.07. The van der Waals surface area contributed by atoms with Crippen LogP contribution in [0.15, 0.2) is 18.2 Å². The molecular weight excluding hydrogens is 236 g/mol. The number of carbonyl (C=O) groups is 1. The molecule has 1 aromatic rings. The molecule has 1 rings (SSSR count). The third-order valence-electron chi connectivity index (χ3n) is 3.13. The highest BCUT2D eigenvalue weighted by molar-refractivity contribution is 5.90. The number of aryl methyl sites for hydroxylation is 1. The first kappa shape index (κ1) is 15.7. The highest BCUT2D eigenvalue weighted by Gasteiger charge is 2.10. The van der Waals surface area contributed by atoms with Gasteiger partial charge in [0.2, 0.25) is 5.91 Å². The topological polar surface area (TPSA) is 32.3 Å². The van der Waals surface area contributed by atoms with Crippen molar-refractivity contribution in [3.05, 3.63) is 29.3 Å². The molecule has 0 aliphatic heterocycles. The van der Waals surface area contributed by atoms with Crippen molar-refractivity contribution in [2.45, 2.75) is 47.1 Å². The van der Waals surface area contributed by atoms with Gasteiger partial charge in [0.15, 0.2) is 0 Å². The Balaban J connectivity index is 2.91. The summed E-state index contributed by atoms with van der Waals surface area (Å²) in [6, 6.07) is 6.21. The average Bonchev–Trinajstić information content (AvgIpc) is 2.34. The summed E-state index contributed by atoms with van der Waals surface area (Å²) in [6.45, 7) is 11.1. The van der Waals surface area contributed by atoms with Crippen molar-refractivity contribution in [2.75, 3.05) is 18.4 Å². The molecule has 0 radical (unpaired) electrons. The van der Waals surface area contributed by atoms with Crippen molar-refractivity contribution < 1.29 is 4.79 Å². The lowest BCUT2D eigenvalue weighted by Crippen LogP contribution is -2.25. The maximum absolute atomic E-state index is 11.3. The van der Waals surface area contributed by atoms with E-state index in [1.54, 1.807) is 6.92 Å². The van der Waals surface area contributed by atoms with E-state index in [2.05, 4.69) is 36.2 Å². The normalized spacial score (nSPS) is 10.8. The first-order valence-electron chi connectivity index (χ1n) is 7.16. The molecular formula is C16H26N2O. The number of nitrogens with one attached hydrogen (secondary N) is 1. The Morgan fingerprint density at radius 3 is 2.37 bits per heavy atom. The zero-order valence-electron chi connectivity index (χ0n) is 12.6. The van der Waals surface area contributed by atoms with Crippen molar-refractivity contribution in [3.8, 4) is 0 Å². The Bertz CT molecular complexity index is 409. The van der Waals surface area contributed by atoms with Crippen LogP contribution in [0.5, 0.6) is 0 Å². The zero-order valence-corrected chi connectivity index (χ0v) is 12.6. The number of hydrogen-bond acceptors (Lipinski definition) is 2. The Hall–Kier alpha value is -1.35. The van der Waals surface area contributed by atoms with Gasteiger partial charge >= 0.3 is 0 Å². The fourth-order valence-corrected chi connectivity index (χ4v) is 2.36. The number of rotatable bonds is 7. The van der Waals surface area contributed by atoms with Gasteiger partial charge in [0.05, 0.1) is 0 Å². The van der Waals surface area contributed by atoms with Crippen molar-refractivity contribution in [2.24, 2.45) is 0 Å². The molecule has 0 spiro atoms. The third-order valence-corrected chi connectivity index (χ3v) is 3.13. The van der Waals surface area contributed by atoms with Crippen molar-refractivity contribution in [1.82, 2.24) is 4.90 Å². The van der Waals surface area contributed by atoms with E-state index in [1.165, 1.54) is 5.56 Å². The Labute approximate surface area is 117 Å². The zero-order chi connectivity index (χ0) is 14.3. The molecule has 0 unspecified atom stereocenters. The Morgan fingerprint density at radius 1 is 1.21 bits per heavy atom. The van der Waals surface area contributed by atoms with Gasteiger partial charge in [-0.2, -0.15) is 0 Å². The van der Waals surface area contributed by atoms with E-state index in [0.717, 1.165) is 43.7 Å². The molecule has 0 saturated carbocycles. The number of hydrogen-bond donors (Lipinski definition) is 1. The van der Waals surface area contributed by atoms with Gasteiger partial charge in [0.1, 0.15) is 0 Å². The fraction of sp³-hybridized carbons (Fsp3) is 0.562. The van der Waals surface area contributed by atoms with Crippen molar-refractivity contribution >= 4 is 11.6 Å². The van der Waals surface area contributed by atoms with E-state index in [1.807, 2.05) is 13.0 Å². The second-order valence-electron chi connectivity index (χ2n) is 5.07. The van der Waals surface area contributed by atoms with Gasteiger partial charge < -0.3 is 5.32 Å². The number of benzene rings is 1. The smallest absolute Gasteiger partial charge is 0.221 e. The number of amides is 1. The van der Waals surface area contributed by atoms with Gasteiger partial charge in [-0.25, -0.2) is 0 Å². The van der Waals surface area contributed by atoms with Gasteiger partial charge in [-0.3, -0.25) is 9.69 Å². The van der Waals surface area contributed by atoms with Gasteiger partial charge in [-0.1, -0.05) is 32.0 Å². The van der Waals surface area contributed by atoms with E-state index in [9.17, 15) is 4.79 Å². The van der Waals surface area contributed by atoms with Gasteiger partial charge in [-0.15, -0.1) is 0 Å². The minimum atomic E-state index is -0.00640. The lowest BCUT2D eigenvalue weighted by Gasteiger charge is -2.23. The SMILES string of the molecule is CCCN(CCC)Cc1cccc(C)c1NC(C)=O. The maximum Gasteiger partial charge on any atom is 0.221 e. The fourth-order valence-electron chi connectivity index (χ4n) is 2.36. The lowest BCUT2D eigenvalue weighted by atomic mass is 10.1. The molecule has 0 aliphatic carbocycles. The molecule has 1 amide bonds. The van der Waals surface area contributed by atoms with Crippen LogP contribution in [0.2, 0.25) is 0 Å². The van der Waals surface area contributed by atoms with Crippen LogP contribution in [0.1, 0.15) is 44.7 Å². The molecule has 0 aromatic heterocycles.